The molecule has 2 unspecified atom stereocenters. The fourth-order valence-corrected chi connectivity index (χ4v) is 3.01. The Morgan fingerprint density at radius 1 is 1.58 bits per heavy atom. The maximum Gasteiger partial charge on any atom is 0.349 e. The van der Waals surface area contributed by atoms with E-state index in [9.17, 15) is 4.79 Å². The van der Waals surface area contributed by atoms with Crippen LogP contribution in [0, 0.1) is 12.8 Å². The van der Waals surface area contributed by atoms with Crippen LogP contribution in [0.15, 0.2) is 10.9 Å². The van der Waals surface area contributed by atoms with Gasteiger partial charge in [0, 0.05) is 18.0 Å². The lowest BCUT2D eigenvalue weighted by atomic mass is 10.1. The second kappa shape index (κ2) is 4.85. The number of aromatic amines is 1. The summed E-state index contributed by atoms with van der Waals surface area (Å²) in [7, 11) is 0. The van der Waals surface area contributed by atoms with E-state index >= 15 is 0 Å². The molecule has 0 radical (unpaired) electrons. The van der Waals surface area contributed by atoms with Crippen LogP contribution >= 0.6 is 11.6 Å². The Balaban J connectivity index is 1.76. The summed E-state index contributed by atoms with van der Waals surface area (Å²) in [6.07, 6.45) is 3.30. The van der Waals surface area contributed by atoms with E-state index in [1.54, 1.807) is 13.0 Å². The highest BCUT2D eigenvalue weighted by molar-refractivity contribution is 6.20. The lowest BCUT2D eigenvalue weighted by Gasteiger charge is -2.11. The smallest absolute Gasteiger partial charge is 0.349 e. The number of halogens is 1. The number of nitrogens with one attached hydrogen (secondary N) is 2. The SMILES string of the molecule is Cc1nc(NCC2CCC(Cl)C2)cc2n[nH]c(=O)n12. The zero-order chi connectivity index (χ0) is 13.4. The molecule has 3 rings (SSSR count). The van der Waals surface area contributed by atoms with Crippen molar-refractivity contribution in [2.24, 2.45) is 5.92 Å². The summed E-state index contributed by atoms with van der Waals surface area (Å²) < 4.78 is 1.45. The third-order valence-corrected chi connectivity index (χ3v) is 4.02. The minimum Gasteiger partial charge on any atom is -0.370 e. The van der Waals surface area contributed by atoms with Crippen molar-refractivity contribution >= 4 is 23.1 Å². The molecule has 0 amide bonds. The topological polar surface area (TPSA) is 75.1 Å². The van der Waals surface area contributed by atoms with Crippen LogP contribution in [0.5, 0.6) is 0 Å². The van der Waals surface area contributed by atoms with Gasteiger partial charge in [0.05, 0.1) is 0 Å². The summed E-state index contributed by atoms with van der Waals surface area (Å²) in [4.78, 5) is 15.9. The molecule has 2 N–H and O–H groups in total. The molecule has 19 heavy (non-hydrogen) atoms. The number of nitrogens with zero attached hydrogens (tertiary/aromatic N) is 3. The lowest BCUT2D eigenvalue weighted by molar-refractivity contribution is 0.579. The number of H-pyrrole nitrogens is 1. The fourth-order valence-electron chi connectivity index (χ4n) is 2.64. The minimum absolute atomic E-state index is 0.257. The van der Waals surface area contributed by atoms with Crippen LogP contribution in [0.25, 0.3) is 5.65 Å². The average Bonchev–Trinajstić information content (AvgIpc) is 2.94. The molecule has 2 aromatic heterocycles. The van der Waals surface area contributed by atoms with E-state index in [4.69, 9.17) is 11.6 Å². The number of rotatable bonds is 3. The van der Waals surface area contributed by atoms with Crippen LogP contribution < -0.4 is 11.0 Å². The van der Waals surface area contributed by atoms with Gasteiger partial charge in [-0.1, -0.05) is 0 Å². The van der Waals surface area contributed by atoms with E-state index in [2.05, 4.69) is 20.5 Å². The van der Waals surface area contributed by atoms with Crippen LogP contribution in [-0.4, -0.2) is 31.5 Å². The normalized spacial score (nSPS) is 23.1. The molecule has 6 nitrogen and oxygen atoms in total. The zero-order valence-electron chi connectivity index (χ0n) is 10.7. The molecule has 0 aromatic carbocycles. The van der Waals surface area contributed by atoms with Crippen molar-refractivity contribution in [1.82, 2.24) is 19.6 Å². The van der Waals surface area contributed by atoms with Crippen molar-refractivity contribution in [3.8, 4) is 0 Å². The molecule has 0 bridgehead atoms. The number of aryl methyl sites for hydroxylation is 1. The predicted octanol–water partition coefficient (Wildman–Crippen LogP) is 1.55. The maximum absolute atomic E-state index is 11.5. The van der Waals surface area contributed by atoms with E-state index < -0.39 is 0 Å². The van der Waals surface area contributed by atoms with Crippen molar-refractivity contribution in [2.45, 2.75) is 31.6 Å². The van der Waals surface area contributed by atoms with Crippen LogP contribution in [-0.2, 0) is 0 Å². The van der Waals surface area contributed by atoms with Gasteiger partial charge in [-0.25, -0.2) is 19.3 Å². The molecule has 0 spiro atoms. The van der Waals surface area contributed by atoms with Gasteiger partial charge in [-0.2, -0.15) is 5.10 Å². The first-order valence-electron chi connectivity index (χ1n) is 6.46. The van der Waals surface area contributed by atoms with Crippen LogP contribution in [0.1, 0.15) is 25.1 Å². The highest BCUT2D eigenvalue weighted by Gasteiger charge is 2.22. The number of alkyl halides is 1. The maximum atomic E-state index is 11.5. The summed E-state index contributed by atoms with van der Waals surface area (Å²) in [5.41, 5.74) is 0.328. The lowest BCUT2D eigenvalue weighted by Crippen LogP contribution is -2.16. The third kappa shape index (κ3) is 2.45. The Kier molecular flexibility index (Phi) is 3.18. The molecule has 1 aliphatic carbocycles. The molecule has 0 saturated heterocycles. The van der Waals surface area contributed by atoms with Gasteiger partial charge in [0.1, 0.15) is 11.6 Å². The number of hydrogen-bond donors (Lipinski definition) is 2. The van der Waals surface area contributed by atoms with Crippen molar-refractivity contribution in [1.29, 1.82) is 0 Å². The largest absolute Gasteiger partial charge is 0.370 e. The highest BCUT2D eigenvalue weighted by atomic mass is 35.5. The number of aromatic nitrogens is 4. The van der Waals surface area contributed by atoms with Crippen molar-refractivity contribution in [3.05, 3.63) is 22.4 Å². The second-order valence-corrected chi connectivity index (χ2v) is 5.69. The Morgan fingerprint density at radius 2 is 2.42 bits per heavy atom. The molecule has 2 heterocycles. The molecule has 1 saturated carbocycles. The molecule has 2 atom stereocenters. The number of hydrogen-bond acceptors (Lipinski definition) is 4. The molecule has 7 heteroatoms. The Hall–Kier alpha value is -1.56. The van der Waals surface area contributed by atoms with Crippen molar-refractivity contribution in [2.75, 3.05) is 11.9 Å². The van der Waals surface area contributed by atoms with Gasteiger partial charge in [0.15, 0.2) is 5.65 Å². The Morgan fingerprint density at radius 3 is 3.16 bits per heavy atom. The van der Waals surface area contributed by atoms with Crippen molar-refractivity contribution < 1.29 is 0 Å². The van der Waals surface area contributed by atoms with E-state index in [1.165, 1.54) is 4.40 Å². The summed E-state index contributed by atoms with van der Waals surface area (Å²) in [6.45, 7) is 2.65. The second-order valence-electron chi connectivity index (χ2n) is 5.07. The summed E-state index contributed by atoms with van der Waals surface area (Å²) in [5.74, 6) is 1.98. The highest BCUT2D eigenvalue weighted by Crippen LogP contribution is 2.29. The monoisotopic (exact) mass is 281 g/mol. The average molecular weight is 282 g/mol. The number of fused-ring (bicyclic) bond motifs is 1. The first-order chi connectivity index (χ1) is 9.13. The van der Waals surface area contributed by atoms with E-state index in [0.29, 0.717) is 22.8 Å². The zero-order valence-corrected chi connectivity index (χ0v) is 11.4. The van der Waals surface area contributed by atoms with Crippen molar-refractivity contribution in [3.63, 3.8) is 0 Å². The fraction of sp³-hybridized carbons (Fsp3) is 0.583. The predicted molar refractivity (Wildman–Crippen MR) is 73.8 cm³/mol. The van der Waals surface area contributed by atoms with Gasteiger partial charge in [-0.15, -0.1) is 11.6 Å². The van der Waals surface area contributed by atoms with Gasteiger partial charge in [0.2, 0.25) is 0 Å². The first kappa shape index (κ1) is 12.5. The van der Waals surface area contributed by atoms with Crippen LogP contribution in [0.3, 0.4) is 0 Å². The van der Waals surface area contributed by atoms with E-state index in [0.717, 1.165) is 31.6 Å². The molecule has 0 aliphatic heterocycles. The Bertz CT molecular complexity index is 649. The summed E-state index contributed by atoms with van der Waals surface area (Å²) in [6, 6.07) is 1.78. The van der Waals surface area contributed by atoms with Gasteiger partial charge in [-0.3, -0.25) is 0 Å². The molecule has 102 valence electrons. The summed E-state index contributed by atoms with van der Waals surface area (Å²) >= 11 is 6.10. The Labute approximate surface area is 115 Å². The molecule has 2 aromatic rings. The van der Waals surface area contributed by atoms with Crippen LogP contribution in [0.4, 0.5) is 5.82 Å². The first-order valence-corrected chi connectivity index (χ1v) is 6.90. The molecule has 1 aliphatic rings. The quantitative estimate of drug-likeness (QED) is 0.837. The van der Waals surface area contributed by atoms with Gasteiger partial charge in [-0.05, 0) is 32.1 Å². The molecule has 1 fully saturated rings. The summed E-state index contributed by atoms with van der Waals surface area (Å²) in [5, 5.41) is 10.00. The van der Waals surface area contributed by atoms with Gasteiger partial charge in [0.25, 0.3) is 0 Å². The molecular formula is C12H16ClN5O. The third-order valence-electron chi connectivity index (χ3n) is 3.62. The number of anilines is 1. The molecular weight excluding hydrogens is 266 g/mol. The minimum atomic E-state index is -0.257. The van der Waals surface area contributed by atoms with E-state index in [1.807, 2.05) is 0 Å². The van der Waals surface area contributed by atoms with Gasteiger partial charge < -0.3 is 5.32 Å². The van der Waals surface area contributed by atoms with Gasteiger partial charge >= 0.3 is 5.69 Å². The van der Waals surface area contributed by atoms with E-state index in [-0.39, 0.29) is 5.69 Å². The van der Waals surface area contributed by atoms with Crippen LogP contribution in [0.2, 0.25) is 0 Å². The standard InChI is InChI=1S/C12H16ClN5O/c1-7-15-10(5-11-16-17-12(19)18(7)11)14-6-8-2-3-9(13)4-8/h5,8-9,14H,2-4,6H2,1H3,(H,17,19).